The molecule has 0 saturated heterocycles. The van der Waals surface area contributed by atoms with Crippen LogP contribution in [0.4, 0.5) is 5.95 Å². The second kappa shape index (κ2) is 6.84. The average molecular weight is 329 g/mol. The van der Waals surface area contributed by atoms with Crippen molar-refractivity contribution >= 4 is 11.9 Å². The molecular weight excluding hydrogens is 306 g/mol. The molecule has 7 heteroatoms. The molecule has 0 aliphatic heterocycles. The molecule has 1 aromatic heterocycles. The lowest BCUT2D eigenvalue weighted by Crippen LogP contribution is -2.32. The topological polar surface area (TPSA) is 116 Å². The Kier molecular flexibility index (Phi) is 5.04. The Balaban J connectivity index is 2.36. The molecule has 0 spiro atoms. The molecule has 24 heavy (non-hydrogen) atoms. The number of hydrogen-bond donors (Lipinski definition) is 3. The maximum Gasteiger partial charge on any atom is 0.269 e. The molecule has 0 unspecified atom stereocenters. The van der Waals surface area contributed by atoms with Crippen LogP contribution in [-0.2, 0) is 12.0 Å². The van der Waals surface area contributed by atoms with Gasteiger partial charge in [-0.1, -0.05) is 39.0 Å². The van der Waals surface area contributed by atoms with Crippen LogP contribution < -0.4 is 21.7 Å². The zero-order valence-electron chi connectivity index (χ0n) is 14.4. The van der Waals surface area contributed by atoms with Crippen LogP contribution in [0.1, 0.15) is 48.1 Å². The normalized spacial score (nSPS) is 11.2. The molecule has 0 atom stereocenters. The number of nitrogens with two attached hydrogens (primary N) is 2. The number of hydrogen-bond acceptors (Lipinski definition) is 6. The van der Waals surface area contributed by atoms with E-state index < -0.39 is 5.91 Å². The van der Waals surface area contributed by atoms with E-state index in [1.807, 2.05) is 24.3 Å². The van der Waals surface area contributed by atoms with E-state index in [1.165, 1.54) is 0 Å². The van der Waals surface area contributed by atoms with Crippen molar-refractivity contribution in [2.45, 2.75) is 39.7 Å². The minimum absolute atomic E-state index is 0.0747. The maximum absolute atomic E-state index is 12.0. The second-order valence-electron chi connectivity index (χ2n) is 6.50. The van der Waals surface area contributed by atoms with Gasteiger partial charge in [0, 0.05) is 0 Å². The first-order chi connectivity index (χ1) is 11.2. The number of carbonyl (C=O) groups excluding carboxylic acids is 1. The molecule has 0 fully saturated rings. The summed E-state index contributed by atoms with van der Waals surface area (Å²) in [6.07, 6.45) is 0. The third-order valence-electron chi connectivity index (χ3n) is 3.60. The number of nitrogen functional groups attached to an aromatic ring is 2. The van der Waals surface area contributed by atoms with Gasteiger partial charge in [0.05, 0.1) is 17.0 Å². The molecule has 1 amide bonds. The van der Waals surface area contributed by atoms with Crippen molar-refractivity contribution in [3.63, 3.8) is 0 Å². The number of aryl methyl sites for hydroxylation is 1. The van der Waals surface area contributed by atoms with Crippen LogP contribution in [0.5, 0.6) is 5.75 Å². The zero-order chi connectivity index (χ0) is 17.9. The van der Waals surface area contributed by atoms with Gasteiger partial charge in [0.25, 0.3) is 5.91 Å². The highest BCUT2D eigenvalue weighted by Crippen LogP contribution is 2.31. The summed E-state index contributed by atoms with van der Waals surface area (Å²) in [7, 11) is 0. The van der Waals surface area contributed by atoms with Gasteiger partial charge in [-0.3, -0.25) is 10.2 Å². The predicted octanol–water partition coefficient (Wildman–Crippen LogP) is 1.85. The molecule has 0 radical (unpaired) electrons. The first-order valence-electron chi connectivity index (χ1n) is 7.60. The number of nitrogens with one attached hydrogen (secondary N) is 1. The molecule has 0 aliphatic rings. The van der Waals surface area contributed by atoms with Gasteiger partial charge in [-0.05, 0) is 24.0 Å². The van der Waals surface area contributed by atoms with Gasteiger partial charge in [-0.15, -0.1) is 0 Å². The van der Waals surface area contributed by atoms with E-state index >= 15 is 0 Å². The fourth-order valence-electron chi connectivity index (χ4n) is 2.49. The monoisotopic (exact) mass is 329 g/mol. The van der Waals surface area contributed by atoms with E-state index in [0.29, 0.717) is 11.4 Å². The van der Waals surface area contributed by atoms with Crippen LogP contribution in [0, 0.1) is 6.92 Å². The van der Waals surface area contributed by atoms with Crippen molar-refractivity contribution in [3.8, 4) is 5.75 Å². The third kappa shape index (κ3) is 3.80. The molecule has 1 heterocycles. The summed E-state index contributed by atoms with van der Waals surface area (Å²) in [5.74, 6) is 5.59. The van der Waals surface area contributed by atoms with Crippen molar-refractivity contribution in [3.05, 3.63) is 46.8 Å². The standard InChI is InChI=1S/C17H23N5O2/c1-10-14(15(23)22-19)12(21-16(18)20-10)9-24-13-8-6-5-7-11(13)17(2,3)4/h5-8H,9,19H2,1-4H3,(H,22,23)(H2,18,20,21). The molecule has 2 aromatic rings. The maximum atomic E-state index is 12.0. The lowest BCUT2D eigenvalue weighted by atomic mass is 9.86. The lowest BCUT2D eigenvalue weighted by molar-refractivity contribution is 0.0949. The molecule has 0 aliphatic carbocycles. The largest absolute Gasteiger partial charge is 0.487 e. The van der Waals surface area contributed by atoms with Crippen LogP contribution in [0.3, 0.4) is 0 Å². The van der Waals surface area contributed by atoms with Gasteiger partial charge in [-0.2, -0.15) is 0 Å². The highest BCUT2D eigenvalue weighted by Gasteiger charge is 2.21. The van der Waals surface area contributed by atoms with Gasteiger partial charge in [0.1, 0.15) is 12.4 Å². The van der Waals surface area contributed by atoms with Crippen molar-refractivity contribution in [2.24, 2.45) is 5.84 Å². The van der Waals surface area contributed by atoms with E-state index in [0.717, 1.165) is 11.3 Å². The van der Waals surface area contributed by atoms with E-state index in [9.17, 15) is 4.79 Å². The number of rotatable bonds is 4. The Hall–Kier alpha value is -2.67. The first kappa shape index (κ1) is 17.7. The summed E-state index contributed by atoms with van der Waals surface area (Å²) >= 11 is 0. The highest BCUT2D eigenvalue weighted by atomic mass is 16.5. The Morgan fingerprint density at radius 2 is 1.92 bits per heavy atom. The van der Waals surface area contributed by atoms with Gasteiger partial charge in [0.15, 0.2) is 0 Å². The molecule has 5 N–H and O–H groups in total. The summed E-state index contributed by atoms with van der Waals surface area (Å²) in [6.45, 7) is 8.08. The van der Waals surface area contributed by atoms with E-state index in [2.05, 4.69) is 36.2 Å². The number of aromatic nitrogens is 2. The van der Waals surface area contributed by atoms with Gasteiger partial charge in [-0.25, -0.2) is 15.8 Å². The number of anilines is 1. The summed E-state index contributed by atoms with van der Waals surface area (Å²) in [4.78, 5) is 20.1. The highest BCUT2D eigenvalue weighted by molar-refractivity contribution is 5.95. The first-order valence-corrected chi connectivity index (χ1v) is 7.60. The number of carbonyl (C=O) groups is 1. The van der Waals surface area contributed by atoms with Crippen LogP contribution in [-0.4, -0.2) is 15.9 Å². The minimum Gasteiger partial charge on any atom is -0.487 e. The van der Waals surface area contributed by atoms with Crippen molar-refractivity contribution < 1.29 is 9.53 Å². The molecular formula is C17H23N5O2. The summed E-state index contributed by atoms with van der Waals surface area (Å²) in [6, 6.07) is 7.77. The molecule has 7 nitrogen and oxygen atoms in total. The van der Waals surface area contributed by atoms with Crippen LogP contribution in [0.25, 0.3) is 0 Å². The molecule has 128 valence electrons. The number of nitrogens with zero attached hydrogens (tertiary/aromatic N) is 2. The third-order valence-corrected chi connectivity index (χ3v) is 3.60. The van der Waals surface area contributed by atoms with Crippen molar-refractivity contribution in [2.75, 3.05) is 5.73 Å². The fraction of sp³-hybridized carbons (Fsp3) is 0.353. The smallest absolute Gasteiger partial charge is 0.269 e. The van der Waals surface area contributed by atoms with Gasteiger partial charge < -0.3 is 10.5 Å². The number of para-hydroxylation sites is 1. The van der Waals surface area contributed by atoms with E-state index in [-0.39, 0.29) is 23.5 Å². The predicted molar refractivity (Wildman–Crippen MR) is 92.3 cm³/mol. The molecule has 1 aromatic carbocycles. The average Bonchev–Trinajstić information content (AvgIpc) is 2.51. The quantitative estimate of drug-likeness (QED) is 0.448. The van der Waals surface area contributed by atoms with Crippen molar-refractivity contribution in [1.82, 2.24) is 15.4 Å². The van der Waals surface area contributed by atoms with Gasteiger partial charge >= 0.3 is 0 Å². The molecule has 0 bridgehead atoms. The summed E-state index contributed by atoms with van der Waals surface area (Å²) < 4.78 is 5.93. The van der Waals surface area contributed by atoms with Crippen LogP contribution in [0.15, 0.2) is 24.3 Å². The second-order valence-corrected chi connectivity index (χ2v) is 6.50. The number of amides is 1. The summed E-state index contributed by atoms with van der Waals surface area (Å²) in [5, 5.41) is 0. The SMILES string of the molecule is Cc1nc(N)nc(COc2ccccc2C(C)(C)C)c1C(=O)NN. The van der Waals surface area contributed by atoms with Crippen molar-refractivity contribution in [1.29, 1.82) is 0 Å². The lowest BCUT2D eigenvalue weighted by Gasteiger charge is -2.23. The summed E-state index contributed by atoms with van der Waals surface area (Å²) in [5.41, 5.74) is 9.91. The minimum atomic E-state index is -0.477. The zero-order valence-corrected chi connectivity index (χ0v) is 14.4. The number of benzene rings is 1. The van der Waals surface area contributed by atoms with Crippen LogP contribution in [0.2, 0.25) is 0 Å². The fourth-order valence-corrected chi connectivity index (χ4v) is 2.49. The number of ether oxygens (including phenoxy) is 1. The van der Waals surface area contributed by atoms with E-state index in [1.54, 1.807) is 6.92 Å². The van der Waals surface area contributed by atoms with Crippen LogP contribution >= 0.6 is 0 Å². The Labute approximate surface area is 141 Å². The van der Waals surface area contributed by atoms with E-state index in [4.69, 9.17) is 16.3 Å². The molecule has 0 saturated carbocycles. The Morgan fingerprint density at radius 3 is 2.54 bits per heavy atom. The molecule has 2 rings (SSSR count). The Morgan fingerprint density at radius 1 is 1.25 bits per heavy atom. The van der Waals surface area contributed by atoms with Gasteiger partial charge in [0.2, 0.25) is 5.95 Å². The number of hydrazine groups is 1. The Bertz CT molecular complexity index is 753.